The molecule has 0 fully saturated rings. The van der Waals surface area contributed by atoms with E-state index in [2.05, 4.69) is 128 Å². The van der Waals surface area contributed by atoms with E-state index in [0.29, 0.717) is 11.7 Å². The lowest BCUT2D eigenvalue weighted by Gasteiger charge is -2.10. The molecule has 0 amide bonds. The Kier molecular flexibility index (Phi) is 5.26. The zero-order chi connectivity index (χ0) is 32.1. The molecule has 0 radical (unpaired) electrons. The summed E-state index contributed by atoms with van der Waals surface area (Å²) in [4.78, 5) is 19.4. The van der Waals surface area contributed by atoms with Crippen molar-refractivity contribution in [3.05, 3.63) is 146 Å². The molecule has 11 aromatic rings. The van der Waals surface area contributed by atoms with Crippen LogP contribution in [-0.2, 0) is 0 Å². The predicted octanol–water partition coefficient (Wildman–Crippen LogP) is 10.2. The van der Waals surface area contributed by atoms with Crippen molar-refractivity contribution in [3.8, 4) is 23.0 Å². The third-order valence-corrected chi connectivity index (χ3v) is 9.71. The van der Waals surface area contributed by atoms with Crippen LogP contribution in [0.25, 0.3) is 99.5 Å². The molecular formula is C42H24N6O. The minimum Gasteiger partial charge on any atom is -0.437 e. The van der Waals surface area contributed by atoms with E-state index in [-0.39, 0.29) is 0 Å². The van der Waals surface area contributed by atoms with Crippen molar-refractivity contribution in [1.29, 1.82) is 0 Å². The predicted molar refractivity (Wildman–Crippen MR) is 197 cm³/mol. The molecule has 49 heavy (non-hydrogen) atoms. The maximum atomic E-state index is 6.47. The Hall–Kier alpha value is -6.86. The Bertz CT molecular complexity index is 3120. The van der Waals surface area contributed by atoms with Gasteiger partial charge in [0, 0.05) is 38.7 Å². The normalized spacial score (nSPS) is 12.1. The molecule has 7 nitrogen and oxygen atoms in total. The van der Waals surface area contributed by atoms with Gasteiger partial charge in [-0.15, -0.1) is 0 Å². The highest BCUT2D eigenvalue weighted by Gasteiger charge is 2.23. The molecule has 5 heterocycles. The van der Waals surface area contributed by atoms with E-state index >= 15 is 0 Å². The van der Waals surface area contributed by atoms with Gasteiger partial charge in [-0.25, -0.2) is 15.0 Å². The van der Waals surface area contributed by atoms with Crippen molar-refractivity contribution in [2.45, 2.75) is 0 Å². The van der Waals surface area contributed by atoms with Gasteiger partial charge >= 0.3 is 0 Å². The number of para-hydroxylation sites is 3. The molecule has 0 saturated carbocycles. The van der Waals surface area contributed by atoms with Crippen LogP contribution in [0, 0.1) is 0 Å². The average molecular weight is 629 g/mol. The van der Waals surface area contributed by atoms with Gasteiger partial charge in [0.25, 0.3) is 0 Å². The Balaban J connectivity index is 1.27. The second-order valence-electron chi connectivity index (χ2n) is 12.4. The fraction of sp³-hybridized carbons (Fsp3) is 0. The van der Waals surface area contributed by atoms with E-state index in [4.69, 9.17) is 14.4 Å². The Morgan fingerprint density at radius 2 is 1.18 bits per heavy atom. The number of rotatable bonds is 3. The van der Waals surface area contributed by atoms with Gasteiger partial charge in [-0.1, -0.05) is 91.0 Å². The topological polar surface area (TPSA) is 74.6 Å². The van der Waals surface area contributed by atoms with E-state index < -0.39 is 0 Å². The first-order valence-corrected chi connectivity index (χ1v) is 16.2. The molecule has 7 heteroatoms. The van der Waals surface area contributed by atoms with Gasteiger partial charge in [-0.2, -0.15) is 4.98 Å². The van der Waals surface area contributed by atoms with Gasteiger partial charge in [0.05, 0.1) is 33.1 Å². The van der Waals surface area contributed by atoms with Crippen molar-refractivity contribution in [2.75, 3.05) is 0 Å². The zero-order valence-electron chi connectivity index (χ0n) is 25.9. The van der Waals surface area contributed by atoms with Crippen LogP contribution < -0.4 is 0 Å². The van der Waals surface area contributed by atoms with Gasteiger partial charge in [0.2, 0.25) is 11.7 Å². The summed E-state index contributed by atoms with van der Waals surface area (Å²) in [7, 11) is 0. The molecule has 228 valence electrons. The number of nitrogens with zero attached hydrogens (tertiary/aromatic N) is 6. The van der Waals surface area contributed by atoms with E-state index in [1.165, 1.54) is 5.39 Å². The number of benzene rings is 6. The lowest BCUT2D eigenvalue weighted by atomic mass is 10.0. The molecule has 0 unspecified atom stereocenters. The summed E-state index contributed by atoms with van der Waals surface area (Å²) >= 11 is 0. The molecule has 6 aromatic carbocycles. The first kappa shape index (κ1) is 26.2. The number of hydrogen-bond acceptors (Lipinski definition) is 5. The fourth-order valence-electron chi connectivity index (χ4n) is 7.57. The summed E-state index contributed by atoms with van der Waals surface area (Å²) in [6.45, 7) is 0. The smallest absolute Gasteiger partial charge is 0.238 e. The largest absolute Gasteiger partial charge is 0.437 e. The number of fused-ring (bicyclic) bond motifs is 10. The van der Waals surface area contributed by atoms with Gasteiger partial charge in [0.15, 0.2) is 0 Å². The van der Waals surface area contributed by atoms with E-state index in [1.54, 1.807) is 12.5 Å². The first-order chi connectivity index (χ1) is 24.3. The summed E-state index contributed by atoms with van der Waals surface area (Å²) in [6, 6.07) is 46.4. The monoisotopic (exact) mass is 628 g/mol. The fourth-order valence-corrected chi connectivity index (χ4v) is 7.57. The zero-order valence-corrected chi connectivity index (χ0v) is 25.9. The minimum absolute atomic E-state index is 0.555. The van der Waals surface area contributed by atoms with Crippen LogP contribution in [0.15, 0.2) is 150 Å². The summed E-state index contributed by atoms with van der Waals surface area (Å²) in [5.41, 5.74) is 7.37. The van der Waals surface area contributed by atoms with Crippen LogP contribution in [0.1, 0.15) is 0 Å². The SMILES string of the molecule is c1ccc2cc(-c3nc(-n4c5ccccc5c5cc6c(cc54)c4ccccc4n6-c4ccncn4)nc4oc5ccccc5c34)ccc2c1. The van der Waals surface area contributed by atoms with Crippen LogP contribution in [0.5, 0.6) is 0 Å². The van der Waals surface area contributed by atoms with E-state index in [9.17, 15) is 0 Å². The molecule has 0 saturated heterocycles. The third kappa shape index (κ3) is 3.72. The van der Waals surface area contributed by atoms with Crippen molar-refractivity contribution < 1.29 is 4.42 Å². The molecule has 5 aromatic heterocycles. The molecule has 0 aliphatic heterocycles. The summed E-state index contributed by atoms with van der Waals surface area (Å²) in [5, 5.41) is 8.70. The van der Waals surface area contributed by atoms with Crippen molar-refractivity contribution in [1.82, 2.24) is 29.1 Å². The van der Waals surface area contributed by atoms with E-state index in [0.717, 1.165) is 82.4 Å². The quantitative estimate of drug-likeness (QED) is 0.195. The molecule has 0 atom stereocenters. The molecule has 0 spiro atoms. The molecule has 0 N–H and O–H groups in total. The summed E-state index contributed by atoms with van der Waals surface area (Å²) < 4.78 is 10.9. The highest BCUT2D eigenvalue weighted by molar-refractivity contribution is 6.19. The molecular weight excluding hydrogens is 605 g/mol. The number of furan rings is 1. The molecule has 0 aliphatic carbocycles. The Morgan fingerprint density at radius 1 is 0.510 bits per heavy atom. The second kappa shape index (κ2) is 9.82. The van der Waals surface area contributed by atoms with Crippen LogP contribution in [-0.4, -0.2) is 29.1 Å². The Morgan fingerprint density at radius 3 is 1.96 bits per heavy atom. The van der Waals surface area contributed by atoms with Crippen molar-refractivity contribution in [3.63, 3.8) is 0 Å². The molecule has 0 bridgehead atoms. The van der Waals surface area contributed by atoms with Crippen LogP contribution in [0.3, 0.4) is 0 Å². The summed E-state index contributed by atoms with van der Waals surface area (Å²) in [6.07, 6.45) is 3.38. The standard InChI is InChI=1S/C42H24N6O/c1-2-10-26-21-27(18-17-25(26)9-1)40-39-30-13-5-8-16-37(30)49-41(39)46-42(45-40)48-34-15-7-4-12-29(34)32-22-35-31(23-36(32)48)28-11-3-6-14-33(28)47(35)38-19-20-43-24-44-38/h1-24H. The number of aromatic nitrogens is 6. The second-order valence-corrected chi connectivity index (χ2v) is 12.4. The number of hydrogen-bond donors (Lipinski definition) is 0. The van der Waals surface area contributed by atoms with Gasteiger partial charge < -0.3 is 4.42 Å². The molecule has 0 aliphatic rings. The van der Waals surface area contributed by atoms with E-state index in [1.807, 2.05) is 24.3 Å². The van der Waals surface area contributed by atoms with Crippen LogP contribution >= 0.6 is 0 Å². The average Bonchev–Trinajstić information content (AvgIpc) is 3.81. The third-order valence-electron chi connectivity index (χ3n) is 9.71. The van der Waals surface area contributed by atoms with Crippen LogP contribution in [0.2, 0.25) is 0 Å². The van der Waals surface area contributed by atoms with Gasteiger partial charge in [-0.05, 0) is 53.2 Å². The lowest BCUT2D eigenvalue weighted by molar-refractivity contribution is 0.651. The highest BCUT2D eigenvalue weighted by Crippen LogP contribution is 2.41. The Labute approximate surface area is 278 Å². The van der Waals surface area contributed by atoms with Crippen LogP contribution in [0.4, 0.5) is 0 Å². The van der Waals surface area contributed by atoms with Crippen molar-refractivity contribution in [2.24, 2.45) is 0 Å². The maximum absolute atomic E-state index is 6.47. The first-order valence-electron chi connectivity index (χ1n) is 16.2. The van der Waals surface area contributed by atoms with Crippen molar-refractivity contribution >= 4 is 76.5 Å². The highest BCUT2D eigenvalue weighted by atomic mass is 16.3. The molecule has 11 rings (SSSR count). The van der Waals surface area contributed by atoms with Gasteiger partial charge in [0.1, 0.15) is 17.7 Å². The lowest BCUT2D eigenvalue weighted by Crippen LogP contribution is -2.03. The maximum Gasteiger partial charge on any atom is 0.238 e. The minimum atomic E-state index is 0.555. The van der Waals surface area contributed by atoms with Gasteiger partial charge in [-0.3, -0.25) is 9.13 Å². The summed E-state index contributed by atoms with van der Waals surface area (Å²) in [5.74, 6) is 1.38.